The van der Waals surface area contributed by atoms with Gasteiger partial charge < -0.3 is 10.2 Å². The largest absolute Gasteiger partial charge is 0.381 e. The Morgan fingerprint density at radius 3 is 1.96 bits per heavy atom. The average Bonchev–Trinajstić information content (AvgIpc) is 3.44. The molecular weight excluding hydrogens is 857 g/mol. The Labute approximate surface area is 417 Å². The zero-order chi connectivity index (χ0) is 47.4. The number of hydrogen-bond donors (Lipinski definition) is 1. The van der Waals surface area contributed by atoms with Crippen molar-refractivity contribution >= 4 is 87.3 Å². The molecule has 1 aliphatic heterocycles. The van der Waals surface area contributed by atoms with Crippen molar-refractivity contribution in [1.29, 1.82) is 0 Å². The Bertz CT molecular complexity index is 3820. The van der Waals surface area contributed by atoms with Crippen LogP contribution in [0.4, 0.5) is 11.4 Å². The lowest BCUT2D eigenvalue weighted by molar-refractivity contribution is 0.573. The van der Waals surface area contributed by atoms with Gasteiger partial charge in [0.25, 0.3) is 0 Å². The summed E-state index contributed by atoms with van der Waals surface area (Å²) in [7, 11) is 0. The van der Waals surface area contributed by atoms with E-state index in [-0.39, 0.29) is 17.9 Å². The molecule has 0 spiro atoms. The summed E-state index contributed by atoms with van der Waals surface area (Å²) in [6.45, 7) is 5.63. The minimum atomic E-state index is 0.179. The van der Waals surface area contributed by atoms with Crippen molar-refractivity contribution in [2.75, 3.05) is 11.4 Å². The van der Waals surface area contributed by atoms with Crippen LogP contribution in [0, 0.1) is 5.92 Å². The topological polar surface area (TPSA) is 15.3 Å². The first kappa shape index (κ1) is 43.1. The van der Waals surface area contributed by atoms with Gasteiger partial charge in [0.05, 0.1) is 6.04 Å². The van der Waals surface area contributed by atoms with Crippen LogP contribution in [0.2, 0.25) is 0 Å². The highest BCUT2D eigenvalue weighted by Gasteiger charge is 2.28. The van der Waals surface area contributed by atoms with Crippen LogP contribution in [0.25, 0.3) is 75.9 Å². The summed E-state index contributed by atoms with van der Waals surface area (Å²) >= 11 is 0. The number of anilines is 2. The first-order chi connectivity index (χ1) is 35.1. The second-order valence-electron chi connectivity index (χ2n) is 20.2. The van der Waals surface area contributed by atoms with Gasteiger partial charge in [-0.15, -0.1) is 0 Å². The van der Waals surface area contributed by atoms with E-state index in [0.717, 1.165) is 32.2 Å². The fourth-order valence-corrected chi connectivity index (χ4v) is 12.6. The molecule has 344 valence electrons. The van der Waals surface area contributed by atoms with Gasteiger partial charge in [0, 0.05) is 29.2 Å². The summed E-state index contributed by atoms with van der Waals surface area (Å²) in [5.41, 5.74) is 11.8. The Hall–Kier alpha value is -7.94. The number of fused-ring (bicyclic) bond motifs is 3. The first-order valence-electron chi connectivity index (χ1n) is 25.9. The second kappa shape index (κ2) is 18.1. The number of hydrogen-bond acceptors (Lipinski definition) is 2. The van der Waals surface area contributed by atoms with Crippen LogP contribution in [-0.2, 0) is 6.42 Å². The molecule has 1 heterocycles. The molecule has 10 aromatic rings. The van der Waals surface area contributed by atoms with Crippen LogP contribution in [0.1, 0.15) is 72.8 Å². The molecule has 0 bridgehead atoms. The monoisotopic (exact) mass is 914 g/mol. The van der Waals surface area contributed by atoms with E-state index in [9.17, 15) is 0 Å². The highest BCUT2D eigenvalue weighted by molar-refractivity contribution is 6.23. The van der Waals surface area contributed by atoms with Crippen LogP contribution < -0.4 is 10.2 Å². The van der Waals surface area contributed by atoms with Gasteiger partial charge in [-0.05, 0) is 166 Å². The fraction of sp³-hybridized carbons (Fsp3) is 0.159. The SMILES string of the molecule is CCC1CC=CC=C1c1c2ccc(C(C)C(Cc3cc4ccc5cccc6ccc(c3)c4c56)c3ccccc3)cc2c(C2=CC=CCN2)c2ccc(N(c3ccc4ccccc4c3)C3C=CC=CC3)cc12. The highest BCUT2D eigenvalue weighted by Crippen LogP contribution is 2.48. The molecule has 2 aliphatic carbocycles. The molecule has 71 heavy (non-hydrogen) atoms. The van der Waals surface area contributed by atoms with E-state index < -0.39 is 0 Å². The van der Waals surface area contributed by atoms with Crippen LogP contribution >= 0.6 is 0 Å². The summed E-state index contributed by atoms with van der Waals surface area (Å²) in [6, 6.07) is 62.9. The summed E-state index contributed by atoms with van der Waals surface area (Å²) in [6.07, 6.45) is 26.9. The van der Waals surface area contributed by atoms with Crippen molar-refractivity contribution in [3.63, 3.8) is 0 Å². The van der Waals surface area contributed by atoms with Crippen molar-refractivity contribution < 1.29 is 0 Å². The van der Waals surface area contributed by atoms with Crippen molar-refractivity contribution in [3.05, 3.63) is 252 Å². The van der Waals surface area contributed by atoms with E-state index in [0.29, 0.717) is 5.92 Å². The quantitative estimate of drug-likeness (QED) is 0.103. The third kappa shape index (κ3) is 7.65. The predicted molar refractivity (Wildman–Crippen MR) is 306 cm³/mol. The van der Waals surface area contributed by atoms with Crippen molar-refractivity contribution in [3.8, 4) is 0 Å². The minimum absolute atomic E-state index is 0.179. The standard InChI is InChI=1S/C69H58N2/c1-3-47-17-12-13-26-59(47)68-60-36-33-52(45(2)62(49-19-6-4-7-20-49)41-46-39-54-30-28-50-22-16-23-51-29-31-55(40-46)67(54)66(50)51)43-63(60)69(65-27-14-15-38-70-65)61-37-35-58(44-64(61)68)71(56-24-8-5-9-25-56)57-34-32-48-18-10-11-21-53(48)42-57/h4-16,18-24,26-37,39-40,42-45,47,56,62,70H,3,17,25,38,41H2,1-2H3. The van der Waals surface area contributed by atoms with Gasteiger partial charge >= 0.3 is 0 Å². The van der Waals surface area contributed by atoms with Crippen molar-refractivity contribution in [1.82, 2.24) is 5.32 Å². The zero-order valence-corrected chi connectivity index (χ0v) is 40.7. The van der Waals surface area contributed by atoms with E-state index in [1.165, 1.54) is 115 Å². The number of nitrogens with zero attached hydrogens (tertiary/aromatic N) is 1. The predicted octanol–water partition coefficient (Wildman–Crippen LogP) is 18.1. The molecule has 13 rings (SSSR count). The van der Waals surface area contributed by atoms with Gasteiger partial charge in [-0.25, -0.2) is 0 Å². The summed E-state index contributed by atoms with van der Waals surface area (Å²) < 4.78 is 0. The molecule has 0 radical (unpaired) electrons. The molecular formula is C69H58N2. The molecule has 2 heteroatoms. The Balaban J connectivity index is 1.00. The molecule has 1 N–H and O–H groups in total. The molecule has 10 aromatic carbocycles. The normalized spacial score (nSPS) is 17.6. The Morgan fingerprint density at radius 2 is 1.18 bits per heavy atom. The minimum Gasteiger partial charge on any atom is -0.381 e. The molecule has 2 nitrogen and oxygen atoms in total. The van der Waals surface area contributed by atoms with Gasteiger partial charge in [-0.3, -0.25) is 0 Å². The number of benzene rings is 10. The van der Waals surface area contributed by atoms with Crippen molar-refractivity contribution in [2.24, 2.45) is 5.92 Å². The van der Waals surface area contributed by atoms with Crippen LogP contribution in [0.15, 0.2) is 225 Å². The van der Waals surface area contributed by atoms with E-state index >= 15 is 0 Å². The van der Waals surface area contributed by atoms with Gasteiger partial charge in [0.1, 0.15) is 0 Å². The van der Waals surface area contributed by atoms with Crippen LogP contribution in [0.5, 0.6) is 0 Å². The fourth-order valence-electron chi connectivity index (χ4n) is 12.6. The van der Waals surface area contributed by atoms with Crippen LogP contribution in [-0.4, -0.2) is 12.6 Å². The first-order valence-corrected chi connectivity index (χ1v) is 25.9. The molecule has 4 atom stereocenters. The smallest absolute Gasteiger partial charge is 0.0559 e. The summed E-state index contributed by atoms with van der Waals surface area (Å²) in [4.78, 5) is 2.57. The Kier molecular flexibility index (Phi) is 11.0. The maximum atomic E-state index is 3.86. The third-order valence-electron chi connectivity index (χ3n) is 16.2. The van der Waals surface area contributed by atoms with Gasteiger partial charge in [-0.1, -0.05) is 208 Å². The molecule has 0 fully saturated rings. The zero-order valence-electron chi connectivity index (χ0n) is 40.7. The van der Waals surface area contributed by atoms with Crippen LogP contribution in [0.3, 0.4) is 0 Å². The maximum absolute atomic E-state index is 3.86. The molecule has 0 aromatic heterocycles. The summed E-state index contributed by atoms with van der Waals surface area (Å²) in [5, 5.41) is 19.6. The van der Waals surface area contributed by atoms with Gasteiger partial charge in [-0.2, -0.15) is 0 Å². The molecule has 0 saturated carbocycles. The van der Waals surface area contributed by atoms with Gasteiger partial charge in [0.15, 0.2) is 0 Å². The van der Waals surface area contributed by atoms with E-state index in [1.807, 2.05) is 0 Å². The van der Waals surface area contributed by atoms with Gasteiger partial charge in [0.2, 0.25) is 0 Å². The molecule has 4 unspecified atom stereocenters. The molecule has 0 saturated heterocycles. The highest BCUT2D eigenvalue weighted by atomic mass is 15.2. The lowest BCUT2D eigenvalue weighted by atomic mass is 9.76. The number of nitrogens with one attached hydrogen (secondary N) is 1. The second-order valence-corrected chi connectivity index (χ2v) is 20.2. The number of rotatable bonds is 11. The summed E-state index contributed by atoms with van der Waals surface area (Å²) in [5.74, 6) is 0.901. The molecule has 3 aliphatic rings. The Morgan fingerprint density at radius 1 is 0.521 bits per heavy atom. The van der Waals surface area contributed by atoms with E-state index in [4.69, 9.17) is 0 Å². The van der Waals surface area contributed by atoms with Crippen molar-refractivity contribution in [2.45, 2.75) is 57.4 Å². The van der Waals surface area contributed by atoms with E-state index in [2.05, 4.69) is 249 Å². The molecule has 0 amide bonds. The lowest BCUT2D eigenvalue weighted by Gasteiger charge is -2.34. The average molecular weight is 915 g/mol. The number of dihydropyridines is 1. The maximum Gasteiger partial charge on any atom is 0.0559 e. The lowest BCUT2D eigenvalue weighted by Crippen LogP contribution is -2.29. The number of allylic oxidation sites excluding steroid dienone is 8. The van der Waals surface area contributed by atoms with E-state index in [1.54, 1.807) is 0 Å². The third-order valence-corrected chi connectivity index (χ3v) is 16.2.